The van der Waals surface area contributed by atoms with Crippen molar-refractivity contribution in [1.82, 2.24) is 66.1 Å². The van der Waals surface area contributed by atoms with Gasteiger partial charge in [-0.05, 0) is 166 Å². The van der Waals surface area contributed by atoms with Crippen LogP contribution in [0.1, 0.15) is 170 Å². The molecular formula is C78H103N15O18. The van der Waals surface area contributed by atoms with E-state index in [-0.39, 0.29) is 116 Å². The molecule has 0 aliphatic carbocycles. The number of anilines is 2. The van der Waals surface area contributed by atoms with Crippen LogP contribution in [0, 0.1) is 0 Å². The summed E-state index contributed by atoms with van der Waals surface area (Å²) in [5.74, 6) is -6.44. The Kier molecular flexibility index (Phi) is 29.2. The molecule has 9 amide bonds. The van der Waals surface area contributed by atoms with Crippen LogP contribution in [-0.4, -0.2) is 218 Å². The van der Waals surface area contributed by atoms with Crippen LogP contribution < -0.4 is 37.2 Å². The molecule has 6 aromatic rings. The lowest BCUT2D eigenvalue weighted by Crippen LogP contribution is -2.55. The molecule has 33 nitrogen and oxygen atoms in total. The topological polar surface area (TPSA) is 423 Å². The van der Waals surface area contributed by atoms with Gasteiger partial charge >= 0.3 is 30.0 Å². The van der Waals surface area contributed by atoms with Crippen LogP contribution in [0.15, 0.2) is 84.9 Å². The predicted molar refractivity (Wildman–Crippen MR) is 407 cm³/mol. The number of para-hydroxylation sites is 4. The van der Waals surface area contributed by atoms with Crippen molar-refractivity contribution in [3.63, 3.8) is 0 Å². The molecule has 0 saturated carbocycles. The second-order valence-electron chi connectivity index (χ2n) is 30.4. The maximum Gasteiger partial charge on any atom is 0.408 e. The summed E-state index contributed by atoms with van der Waals surface area (Å²) < 4.78 is 26.4. The molecule has 598 valence electrons. The number of imidazole rings is 2. The Labute approximate surface area is 643 Å². The van der Waals surface area contributed by atoms with Crippen molar-refractivity contribution >= 4 is 111 Å². The molecule has 9 N–H and O–H groups in total. The minimum absolute atomic E-state index is 0.000593. The number of aromatic amines is 2. The number of hydrogen-bond donors (Lipinski definition) is 9. The number of carbonyl (C=O) groups excluding carboxylic acids is 13. The van der Waals surface area contributed by atoms with Gasteiger partial charge in [0.1, 0.15) is 58.7 Å². The van der Waals surface area contributed by atoms with Gasteiger partial charge in [-0.25, -0.2) is 14.8 Å². The molecule has 111 heavy (non-hydrogen) atoms. The highest BCUT2D eigenvalue weighted by atomic mass is 16.6. The molecule has 4 heterocycles. The summed E-state index contributed by atoms with van der Waals surface area (Å²) in [4.78, 5) is 200. The number of esters is 4. The van der Waals surface area contributed by atoms with Crippen LogP contribution in [0.5, 0.6) is 0 Å². The van der Waals surface area contributed by atoms with Gasteiger partial charge in [-0.15, -0.1) is 0 Å². The molecule has 2 aliphatic rings. The minimum Gasteiger partial charge on any atom is -0.469 e. The summed E-state index contributed by atoms with van der Waals surface area (Å²) in [5.41, 5.74) is 2.99. The molecule has 8 rings (SSSR count). The summed E-state index contributed by atoms with van der Waals surface area (Å²) >= 11 is 0. The summed E-state index contributed by atoms with van der Waals surface area (Å²) in [7, 11) is 5.68. The Morgan fingerprint density at radius 1 is 0.505 bits per heavy atom. The molecule has 5 atom stereocenters. The summed E-state index contributed by atoms with van der Waals surface area (Å²) in [5, 5.41) is 19.6. The second-order valence-corrected chi connectivity index (χ2v) is 30.4. The van der Waals surface area contributed by atoms with Gasteiger partial charge in [0.25, 0.3) is 11.8 Å². The van der Waals surface area contributed by atoms with Crippen LogP contribution in [0.3, 0.4) is 0 Å². The normalized spacial score (nSPS) is 15.1. The quantitative estimate of drug-likeness (QED) is 0.0130. The molecule has 33 heteroatoms. The first-order chi connectivity index (χ1) is 52.4. The van der Waals surface area contributed by atoms with Gasteiger partial charge in [-0.2, -0.15) is 0 Å². The fourth-order valence-corrected chi connectivity index (χ4v) is 12.4. The van der Waals surface area contributed by atoms with Crippen LogP contribution in [0.2, 0.25) is 0 Å². The number of rotatable bonds is 33. The van der Waals surface area contributed by atoms with Crippen molar-refractivity contribution in [2.45, 2.75) is 200 Å². The number of H-pyrrole nitrogens is 2. The molecule has 0 spiro atoms. The van der Waals surface area contributed by atoms with Crippen LogP contribution in [0.25, 0.3) is 22.1 Å². The lowest BCUT2D eigenvalue weighted by molar-refractivity contribution is -0.156. The number of aromatic nitrogens is 4. The van der Waals surface area contributed by atoms with Crippen LogP contribution in [-0.2, 0) is 97.8 Å². The third-order valence-corrected chi connectivity index (χ3v) is 17.7. The molecular weight excluding hydrogens is 1430 g/mol. The molecule has 0 bridgehead atoms. The van der Waals surface area contributed by atoms with E-state index in [0.29, 0.717) is 45.3 Å². The average molecular weight is 1540 g/mol. The fourth-order valence-electron chi connectivity index (χ4n) is 12.4. The number of alkyl carbamates (subject to hydrolysis) is 1. The van der Waals surface area contributed by atoms with E-state index < -0.39 is 125 Å². The largest absolute Gasteiger partial charge is 0.469 e. The van der Waals surface area contributed by atoms with E-state index in [1.807, 2.05) is 48.5 Å². The summed E-state index contributed by atoms with van der Waals surface area (Å²) in [6.45, 7) is 14.9. The summed E-state index contributed by atoms with van der Waals surface area (Å²) in [6, 6.07) is 18.2. The number of fused-ring (bicyclic) bond motifs is 4. The highest BCUT2D eigenvalue weighted by Crippen LogP contribution is 2.30. The van der Waals surface area contributed by atoms with E-state index in [1.165, 1.54) is 33.8 Å². The standard InChI is InChI=1S/C78H103N15O18/c1-76(2,3)109-64(95)32-29-56(68(99)79-34-18-36-92-42-48-38-46(24-26-50(48)81-59(73(92)104)40-66(97)107-12)71(102)90(10)44-61-83-52-20-14-15-21-53(52)84-61)87-63(94)31-28-58(89-75(106)111-78(7,8)9)70(101)88-57(30-33-65(96)110-77(4,5)6)69(100)80-35-19-37-93-43-49-39-47(25-27-51(49)82-60(74(93)105)41-67(98)108-13)72(103)91(11)45-62-85-54-22-16-17-23-55(54)86-62/h14-17,20-27,38-39,56-60,81-82H,18-19,28-37,40-45H2,1-13H3,(H,79,99)(H,80,100)(H,83,84)(H,85,86)(H,87,94)(H,88,101)(H,89,106)/t56-,57-,58-,59+,60-/m0/s1. The molecule has 0 radical (unpaired) electrons. The number of methoxy groups -OCH3 is 2. The minimum atomic E-state index is -1.61. The van der Waals surface area contributed by atoms with Crippen molar-refractivity contribution in [3.05, 3.63) is 119 Å². The van der Waals surface area contributed by atoms with Gasteiger partial charge in [0, 0.05) is 95.1 Å². The zero-order chi connectivity index (χ0) is 81.1. The number of carbonyl (C=O) groups is 13. The van der Waals surface area contributed by atoms with Gasteiger partial charge in [0.2, 0.25) is 35.4 Å². The van der Waals surface area contributed by atoms with Crippen LogP contribution >= 0.6 is 0 Å². The Bertz CT molecular complexity index is 4330. The maximum atomic E-state index is 14.6. The Hall–Kier alpha value is -11.7. The van der Waals surface area contributed by atoms with E-state index in [0.717, 1.165) is 22.1 Å². The maximum absolute atomic E-state index is 14.6. The number of amides is 9. The van der Waals surface area contributed by atoms with Crippen LogP contribution in [0.4, 0.5) is 16.2 Å². The number of hydrogen-bond acceptors (Lipinski definition) is 22. The van der Waals surface area contributed by atoms with E-state index in [1.54, 1.807) is 113 Å². The van der Waals surface area contributed by atoms with Crippen molar-refractivity contribution in [1.29, 1.82) is 0 Å². The van der Waals surface area contributed by atoms with Gasteiger partial charge < -0.3 is 90.5 Å². The lowest BCUT2D eigenvalue weighted by atomic mass is 10.1. The van der Waals surface area contributed by atoms with Gasteiger partial charge in [0.05, 0.1) is 62.2 Å². The molecule has 4 aromatic carbocycles. The van der Waals surface area contributed by atoms with E-state index in [9.17, 15) is 62.3 Å². The number of ether oxygens (including phenoxy) is 5. The van der Waals surface area contributed by atoms with Gasteiger partial charge in [-0.3, -0.25) is 57.5 Å². The van der Waals surface area contributed by atoms with Crippen molar-refractivity contribution in [2.75, 3.05) is 65.1 Å². The first-order valence-corrected chi connectivity index (χ1v) is 36.9. The number of nitrogens with one attached hydrogen (secondary N) is 9. The number of benzene rings is 4. The molecule has 0 saturated heterocycles. The molecule has 0 fully saturated rings. The van der Waals surface area contributed by atoms with Crippen molar-refractivity contribution < 1.29 is 86.0 Å². The average Bonchev–Trinajstić information content (AvgIpc) is 1.70. The zero-order valence-corrected chi connectivity index (χ0v) is 65.2. The molecule has 2 aromatic heterocycles. The van der Waals surface area contributed by atoms with E-state index >= 15 is 0 Å². The first-order valence-electron chi connectivity index (χ1n) is 36.9. The van der Waals surface area contributed by atoms with Gasteiger partial charge in [-0.1, -0.05) is 24.3 Å². The lowest BCUT2D eigenvalue weighted by Gasteiger charge is -2.26. The first kappa shape index (κ1) is 84.9. The predicted octanol–water partition coefficient (Wildman–Crippen LogP) is 5.95. The summed E-state index contributed by atoms with van der Waals surface area (Å²) in [6.07, 6.45) is -3.78. The van der Waals surface area contributed by atoms with Crippen molar-refractivity contribution in [3.8, 4) is 0 Å². The SMILES string of the molecule is COC(=O)C[C@@H]1Nc2ccc(C(=O)N(C)Cc3nc4ccccc4[nH]3)cc2CN(CCCNC(=O)[C@H](CCC(=O)OC(C)(C)C)NC(=O)[C@H](CCC(=O)N[C@@H](CCC(=O)OC(C)(C)C)C(=O)NCCCN2Cc3cc(C(=O)N(C)Cc4nc5ccccc5[nH]4)ccc3N[C@H](CC(=O)OC)C2=O)NC(=O)OC(C)(C)C)C1=O. The number of nitrogens with zero attached hydrogens (tertiary/aromatic N) is 6. The third-order valence-electron chi connectivity index (χ3n) is 17.7. The Morgan fingerprint density at radius 2 is 0.901 bits per heavy atom. The Morgan fingerprint density at radius 3 is 1.31 bits per heavy atom. The highest BCUT2D eigenvalue weighted by Gasteiger charge is 2.36. The Balaban J connectivity index is 0.929. The van der Waals surface area contributed by atoms with Crippen molar-refractivity contribution in [2.24, 2.45) is 0 Å². The second kappa shape index (κ2) is 38.1. The highest BCUT2D eigenvalue weighted by molar-refractivity contribution is 5.98. The zero-order valence-electron chi connectivity index (χ0n) is 65.2. The fraction of sp³-hybridized carbons (Fsp3) is 0.500. The van der Waals surface area contributed by atoms with Gasteiger partial charge in [0.15, 0.2) is 0 Å². The smallest absolute Gasteiger partial charge is 0.408 e. The monoisotopic (exact) mass is 1540 g/mol. The third kappa shape index (κ3) is 25.7. The van der Waals surface area contributed by atoms with E-state index in [2.05, 4.69) is 57.2 Å². The van der Waals surface area contributed by atoms with E-state index in [4.69, 9.17) is 23.7 Å². The molecule has 2 aliphatic heterocycles. The molecule has 0 unspecified atom stereocenters.